The summed E-state index contributed by atoms with van der Waals surface area (Å²) in [5.74, 6) is -2.31. The monoisotopic (exact) mass is 399 g/mol. The Kier molecular flexibility index (Phi) is 5.13. The lowest BCUT2D eigenvalue weighted by atomic mass is 10.1. The van der Waals surface area contributed by atoms with Crippen molar-refractivity contribution in [1.82, 2.24) is 10.3 Å². The van der Waals surface area contributed by atoms with Gasteiger partial charge >= 0.3 is 6.01 Å². The SMILES string of the molecule is NC(=O)c1nc(Nc2c(F)cccc2F)oc1-c1ccc(N2CCNCC2)cc1. The normalized spacial score (nSPS) is 14.1. The minimum atomic E-state index is -0.814. The van der Waals surface area contributed by atoms with Gasteiger partial charge in [0.2, 0.25) is 0 Å². The van der Waals surface area contributed by atoms with Gasteiger partial charge in [-0.3, -0.25) is 4.79 Å². The van der Waals surface area contributed by atoms with Gasteiger partial charge in [-0.05, 0) is 36.4 Å². The third kappa shape index (κ3) is 3.90. The number of para-hydroxylation sites is 1. The van der Waals surface area contributed by atoms with Crippen LogP contribution >= 0.6 is 0 Å². The molecule has 2 heterocycles. The van der Waals surface area contributed by atoms with E-state index in [1.54, 1.807) is 12.1 Å². The van der Waals surface area contributed by atoms with Crippen LogP contribution in [0.15, 0.2) is 46.9 Å². The standard InChI is InChI=1S/C20H19F2N5O2/c21-14-2-1-3-15(22)16(14)25-20-26-17(19(23)28)18(29-20)12-4-6-13(7-5-12)27-10-8-24-9-11-27/h1-7,24H,8-11H2,(H2,23,28)(H,25,26). The summed E-state index contributed by atoms with van der Waals surface area (Å²) in [5, 5.41) is 5.73. The lowest BCUT2D eigenvalue weighted by Gasteiger charge is -2.29. The zero-order chi connectivity index (χ0) is 20.4. The predicted octanol–water partition coefficient (Wildman–Crippen LogP) is 2.87. The summed E-state index contributed by atoms with van der Waals surface area (Å²) >= 11 is 0. The number of benzene rings is 2. The first-order valence-corrected chi connectivity index (χ1v) is 9.10. The highest BCUT2D eigenvalue weighted by molar-refractivity contribution is 5.97. The van der Waals surface area contributed by atoms with Crippen LogP contribution in [0.25, 0.3) is 11.3 Å². The van der Waals surface area contributed by atoms with Crippen LogP contribution in [0.1, 0.15) is 10.5 Å². The van der Waals surface area contributed by atoms with E-state index >= 15 is 0 Å². The summed E-state index contributed by atoms with van der Waals surface area (Å²) in [5.41, 5.74) is 6.48. The highest BCUT2D eigenvalue weighted by Crippen LogP contribution is 2.31. The number of primary amides is 1. The number of nitrogens with one attached hydrogen (secondary N) is 2. The molecule has 1 saturated heterocycles. The zero-order valence-corrected chi connectivity index (χ0v) is 15.4. The van der Waals surface area contributed by atoms with Crippen LogP contribution in [0.3, 0.4) is 0 Å². The maximum Gasteiger partial charge on any atom is 0.300 e. The molecule has 1 fully saturated rings. The first kappa shape index (κ1) is 18.9. The maximum atomic E-state index is 13.9. The second-order valence-electron chi connectivity index (χ2n) is 6.57. The number of amides is 1. The molecule has 2 aromatic carbocycles. The largest absolute Gasteiger partial charge is 0.422 e. The quantitative estimate of drug-likeness (QED) is 0.611. The molecular formula is C20H19F2N5O2. The molecule has 1 amide bonds. The van der Waals surface area contributed by atoms with Gasteiger partial charge in [-0.1, -0.05) is 6.07 Å². The van der Waals surface area contributed by atoms with Crippen molar-refractivity contribution in [1.29, 1.82) is 0 Å². The summed E-state index contributed by atoms with van der Waals surface area (Å²) < 4.78 is 33.3. The molecule has 0 unspecified atom stereocenters. The van der Waals surface area contributed by atoms with Crippen molar-refractivity contribution in [3.8, 4) is 11.3 Å². The molecule has 4 rings (SSSR count). The molecule has 7 nitrogen and oxygen atoms in total. The fraction of sp³-hybridized carbons (Fsp3) is 0.200. The molecule has 1 aliphatic rings. The second kappa shape index (κ2) is 7.88. The Hall–Kier alpha value is -3.46. The van der Waals surface area contributed by atoms with Gasteiger partial charge in [0.25, 0.3) is 5.91 Å². The Morgan fingerprint density at radius 3 is 2.38 bits per heavy atom. The van der Waals surface area contributed by atoms with E-state index in [0.29, 0.717) is 5.56 Å². The zero-order valence-electron chi connectivity index (χ0n) is 15.4. The van der Waals surface area contributed by atoms with E-state index in [9.17, 15) is 13.6 Å². The third-order valence-corrected chi connectivity index (χ3v) is 4.67. The van der Waals surface area contributed by atoms with E-state index in [4.69, 9.17) is 10.2 Å². The molecular weight excluding hydrogens is 380 g/mol. The number of rotatable bonds is 5. The molecule has 1 aliphatic heterocycles. The summed E-state index contributed by atoms with van der Waals surface area (Å²) in [7, 11) is 0. The van der Waals surface area contributed by atoms with E-state index in [2.05, 4.69) is 20.5 Å². The van der Waals surface area contributed by atoms with Crippen LogP contribution < -0.4 is 21.3 Å². The fourth-order valence-electron chi connectivity index (χ4n) is 3.21. The van der Waals surface area contributed by atoms with Gasteiger partial charge in [0.1, 0.15) is 17.3 Å². The van der Waals surface area contributed by atoms with Gasteiger partial charge in [-0.15, -0.1) is 0 Å². The number of halogens is 2. The number of aromatic nitrogens is 1. The van der Waals surface area contributed by atoms with Gasteiger partial charge in [-0.2, -0.15) is 4.98 Å². The second-order valence-corrected chi connectivity index (χ2v) is 6.57. The highest BCUT2D eigenvalue weighted by Gasteiger charge is 2.21. The smallest absolute Gasteiger partial charge is 0.300 e. The van der Waals surface area contributed by atoms with Crippen LogP contribution in [0.2, 0.25) is 0 Å². The number of nitrogens with two attached hydrogens (primary N) is 1. The van der Waals surface area contributed by atoms with Crippen molar-refractivity contribution >= 4 is 23.3 Å². The molecule has 0 spiro atoms. The van der Waals surface area contributed by atoms with E-state index in [0.717, 1.165) is 44.0 Å². The van der Waals surface area contributed by atoms with Crippen molar-refractivity contribution in [2.75, 3.05) is 36.4 Å². The number of oxazole rings is 1. The summed E-state index contributed by atoms with van der Waals surface area (Å²) in [6, 6.07) is 10.6. The molecule has 0 aliphatic carbocycles. The number of nitrogens with zero attached hydrogens (tertiary/aromatic N) is 2. The lowest BCUT2D eigenvalue weighted by molar-refractivity contribution is 0.0996. The maximum absolute atomic E-state index is 13.9. The van der Waals surface area contributed by atoms with E-state index in [-0.39, 0.29) is 17.5 Å². The molecule has 3 aromatic rings. The number of carbonyl (C=O) groups excluding carboxylic acids is 1. The molecule has 150 valence electrons. The summed E-state index contributed by atoms with van der Waals surface area (Å²) in [6.07, 6.45) is 0. The average Bonchev–Trinajstić information content (AvgIpc) is 3.16. The van der Waals surface area contributed by atoms with Crippen LogP contribution in [0.5, 0.6) is 0 Å². The van der Waals surface area contributed by atoms with Crippen molar-refractivity contribution in [3.63, 3.8) is 0 Å². The van der Waals surface area contributed by atoms with Gasteiger partial charge in [0, 0.05) is 37.4 Å². The first-order chi connectivity index (χ1) is 14.0. The van der Waals surface area contributed by atoms with Crippen molar-refractivity contribution in [2.45, 2.75) is 0 Å². The minimum absolute atomic E-state index is 0.126. The van der Waals surface area contributed by atoms with Crippen molar-refractivity contribution in [2.24, 2.45) is 5.73 Å². The number of piperazine rings is 1. The number of hydrogen-bond donors (Lipinski definition) is 3. The molecule has 9 heteroatoms. The molecule has 0 bridgehead atoms. The van der Waals surface area contributed by atoms with Gasteiger partial charge in [0.15, 0.2) is 11.5 Å². The van der Waals surface area contributed by atoms with E-state index < -0.39 is 23.2 Å². The van der Waals surface area contributed by atoms with Gasteiger partial charge in [0.05, 0.1) is 0 Å². The summed E-state index contributed by atoms with van der Waals surface area (Å²) in [4.78, 5) is 18.0. The fourth-order valence-corrected chi connectivity index (χ4v) is 3.21. The Morgan fingerprint density at radius 2 is 1.76 bits per heavy atom. The molecule has 0 saturated carbocycles. The van der Waals surface area contributed by atoms with E-state index in [1.165, 1.54) is 6.07 Å². The lowest BCUT2D eigenvalue weighted by Crippen LogP contribution is -2.43. The van der Waals surface area contributed by atoms with Crippen LogP contribution in [-0.2, 0) is 0 Å². The van der Waals surface area contributed by atoms with Crippen molar-refractivity contribution < 1.29 is 18.0 Å². The van der Waals surface area contributed by atoms with Crippen molar-refractivity contribution in [3.05, 3.63) is 59.8 Å². The van der Waals surface area contributed by atoms with Crippen LogP contribution in [0.4, 0.5) is 26.2 Å². The first-order valence-electron chi connectivity index (χ1n) is 9.10. The molecule has 4 N–H and O–H groups in total. The van der Waals surface area contributed by atoms with Gasteiger partial charge in [-0.25, -0.2) is 8.78 Å². The number of carbonyl (C=O) groups is 1. The minimum Gasteiger partial charge on any atom is -0.422 e. The van der Waals surface area contributed by atoms with E-state index in [1.807, 2.05) is 12.1 Å². The van der Waals surface area contributed by atoms with Gasteiger partial charge < -0.3 is 25.7 Å². The predicted molar refractivity (Wildman–Crippen MR) is 105 cm³/mol. The molecule has 29 heavy (non-hydrogen) atoms. The number of hydrogen-bond acceptors (Lipinski definition) is 6. The Labute approximate surface area is 165 Å². The molecule has 1 aromatic heterocycles. The highest BCUT2D eigenvalue weighted by atomic mass is 19.1. The Bertz CT molecular complexity index is 1010. The topological polar surface area (TPSA) is 96.4 Å². The Morgan fingerprint density at radius 1 is 1.10 bits per heavy atom. The third-order valence-electron chi connectivity index (χ3n) is 4.67. The Balaban J connectivity index is 1.64. The summed E-state index contributed by atoms with van der Waals surface area (Å²) in [6.45, 7) is 3.63. The number of anilines is 3. The van der Waals surface area contributed by atoms with Crippen LogP contribution in [0, 0.1) is 11.6 Å². The average molecular weight is 399 g/mol. The molecule has 0 atom stereocenters. The van der Waals surface area contributed by atoms with Crippen LogP contribution in [-0.4, -0.2) is 37.1 Å². The molecule has 0 radical (unpaired) electrons.